The number of ether oxygens (including phenoxy) is 1. The number of hydrogen-bond donors (Lipinski definition) is 1. The first-order valence-corrected chi connectivity index (χ1v) is 7.44. The van der Waals surface area contributed by atoms with Crippen LogP contribution in [0.3, 0.4) is 0 Å². The van der Waals surface area contributed by atoms with Crippen molar-refractivity contribution < 1.29 is 4.74 Å². The number of hydrogen-bond acceptors (Lipinski definition) is 3. The van der Waals surface area contributed by atoms with E-state index in [4.69, 9.17) is 10.5 Å². The van der Waals surface area contributed by atoms with Gasteiger partial charge < -0.3 is 10.5 Å². The van der Waals surface area contributed by atoms with Crippen molar-refractivity contribution in [1.82, 2.24) is 4.90 Å². The van der Waals surface area contributed by atoms with Crippen LogP contribution in [0.5, 0.6) is 5.75 Å². The summed E-state index contributed by atoms with van der Waals surface area (Å²) in [5, 5.41) is 0. The normalized spacial score (nSPS) is 19.3. The lowest BCUT2D eigenvalue weighted by Gasteiger charge is -2.31. The van der Waals surface area contributed by atoms with Crippen molar-refractivity contribution in [1.29, 1.82) is 0 Å². The Balaban J connectivity index is 2.08. The van der Waals surface area contributed by atoms with E-state index in [0.717, 1.165) is 18.8 Å². The first-order valence-electron chi connectivity index (χ1n) is 7.44. The highest BCUT2D eigenvalue weighted by atomic mass is 16.5. The van der Waals surface area contributed by atoms with Gasteiger partial charge in [-0.3, -0.25) is 4.90 Å². The van der Waals surface area contributed by atoms with Crippen LogP contribution in [0.25, 0.3) is 0 Å². The summed E-state index contributed by atoms with van der Waals surface area (Å²) >= 11 is 0. The Kier molecular flexibility index (Phi) is 5.23. The molecule has 1 saturated heterocycles. The topological polar surface area (TPSA) is 38.5 Å². The van der Waals surface area contributed by atoms with Crippen molar-refractivity contribution in [3.8, 4) is 5.75 Å². The van der Waals surface area contributed by atoms with E-state index in [1.165, 1.54) is 31.5 Å². The Morgan fingerprint density at radius 1 is 1.21 bits per heavy atom. The van der Waals surface area contributed by atoms with E-state index in [-0.39, 0.29) is 6.04 Å². The SMILES string of the molecule is CCCOc1ccc(C(C(C)N)N2CCCC2)cc1. The molecule has 0 spiro atoms. The van der Waals surface area contributed by atoms with Crippen molar-refractivity contribution >= 4 is 0 Å². The fourth-order valence-electron chi connectivity index (χ4n) is 2.85. The smallest absolute Gasteiger partial charge is 0.119 e. The molecule has 2 unspecified atom stereocenters. The molecule has 2 N–H and O–H groups in total. The van der Waals surface area contributed by atoms with E-state index in [1.54, 1.807) is 0 Å². The summed E-state index contributed by atoms with van der Waals surface area (Å²) < 4.78 is 5.63. The minimum absolute atomic E-state index is 0.153. The molecule has 0 bridgehead atoms. The third kappa shape index (κ3) is 3.71. The van der Waals surface area contributed by atoms with Gasteiger partial charge in [0.15, 0.2) is 0 Å². The molecule has 1 fully saturated rings. The van der Waals surface area contributed by atoms with Crippen molar-refractivity contribution in [2.45, 2.75) is 45.2 Å². The van der Waals surface area contributed by atoms with E-state index in [0.29, 0.717) is 6.04 Å². The van der Waals surface area contributed by atoms with E-state index in [9.17, 15) is 0 Å². The largest absolute Gasteiger partial charge is 0.494 e. The van der Waals surface area contributed by atoms with Crippen molar-refractivity contribution in [2.75, 3.05) is 19.7 Å². The maximum atomic E-state index is 6.19. The molecule has 0 saturated carbocycles. The minimum Gasteiger partial charge on any atom is -0.494 e. The summed E-state index contributed by atoms with van der Waals surface area (Å²) in [4.78, 5) is 2.51. The maximum Gasteiger partial charge on any atom is 0.119 e. The van der Waals surface area contributed by atoms with Crippen LogP contribution in [0.2, 0.25) is 0 Å². The zero-order chi connectivity index (χ0) is 13.7. The van der Waals surface area contributed by atoms with Gasteiger partial charge in [-0.05, 0) is 57.0 Å². The van der Waals surface area contributed by atoms with Gasteiger partial charge in [-0.25, -0.2) is 0 Å². The molecule has 0 radical (unpaired) electrons. The van der Waals surface area contributed by atoms with Crippen LogP contribution in [0.4, 0.5) is 0 Å². The Bertz CT molecular complexity index is 369. The lowest BCUT2D eigenvalue weighted by atomic mass is 9.99. The number of nitrogens with zero attached hydrogens (tertiary/aromatic N) is 1. The van der Waals surface area contributed by atoms with Crippen LogP contribution in [0.15, 0.2) is 24.3 Å². The van der Waals surface area contributed by atoms with E-state index in [2.05, 4.69) is 43.0 Å². The van der Waals surface area contributed by atoms with Crippen LogP contribution in [-0.4, -0.2) is 30.6 Å². The highest BCUT2D eigenvalue weighted by Crippen LogP contribution is 2.28. The summed E-state index contributed by atoms with van der Waals surface area (Å²) in [7, 11) is 0. The maximum absolute atomic E-state index is 6.19. The van der Waals surface area contributed by atoms with Gasteiger partial charge in [0.25, 0.3) is 0 Å². The first kappa shape index (κ1) is 14.4. The molecule has 1 heterocycles. The Morgan fingerprint density at radius 3 is 2.37 bits per heavy atom. The molecule has 106 valence electrons. The minimum atomic E-state index is 0.153. The zero-order valence-corrected chi connectivity index (χ0v) is 12.1. The van der Waals surface area contributed by atoms with Gasteiger partial charge in [-0.15, -0.1) is 0 Å². The number of benzene rings is 1. The lowest BCUT2D eigenvalue weighted by molar-refractivity contribution is 0.219. The standard InChI is InChI=1S/C16H26N2O/c1-3-12-19-15-8-6-14(7-9-15)16(13(2)17)18-10-4-5-11-18/h6-9,13,16H,3-5,10-12,17H2,1-2H3. The van der Waals surface area contributed by atoms with Crippen LogP contribution in [-0.2, 0) is 0 Å². The molecule has 3 heteroatoms. The van der Waals surface area contributed by atoms with Gasteiger partial charge in [-0.1, -0.05) is 19.1 Å². The van der Waals surface area contributed by atoms with Crippen LogP contribution in [0.1, 0.15) is 44.7 Å². The highest BCUT2D eigenvalue weighted by Gasteiger charge is 2.26. The predicted molar refractivity (Wildman–Crippen MR) is 79.4 cm³/mol. The third-order valence-electron chi connectivity index (χ3n) is 3.73. The van der Waals surface area contributed by atoms with Gasteiger partial charge in [-0.2, -0.15) is 0 Å². The molecular weight excluding hydrogens is 236 g/mol. The summed E-state index contributed by atoms with van der Waals surface area (Å²) in [6.45, 7) is 7.33. The summed E-state index contributed by atoms with van der Waals surface area (Å²) in [5.74, 6) is 0.954. The Hall–Kier alpha value is -1.06. The molecule has 1 aliphatic heterocycles. The first-order chi connectivity index (χ1) is 9.22. The molecule has 2 rings (SSSR count). The van der Waals surface area contributed by atoms with Gasteiger partial charge in [0.1, 0.15) is 5.75 Å². The second kappa shape index (κ2) is 6.92. The Morgan fingerprint density at radius 2 is 1.84 bits per heavy atom. The summed E-state index contributed by atoms with van der Waals surface area (Å²) in [5.41, 5.74) is 7.50. The lowest BCUT2D eigenvalue weighted by Crippen LogP contribution is -2.37. The van der Waals surface area contributed by atoms with E-state index < -0.39 is 0 Å². The Labute approximate surface area is 116 Å². The molecular formula is C16H26N2O. The van der Waals surface area contributed by atoms with Crippen molar-refractivity contribution in [3.05, 3.63) is 29.8 Å². The molecule has 2 atom stereocenters. The van der Waals surface area contributed by atoms with Gasteiger partial charge in [0, 0.05) is 12.1 Å². The van der Waals surface area contributed by atoms with Gasteiger partial charge in [0.2, 0.25) is 0 Å². The van der Waals surface area contributed by atoms with Crippen molar-refractivity contribution in [3.63, 3.8) is 0 Å². The third-order valence-corrected chi connectivity index (χ3v) is 3.73. The van der Waals surface area contributed by atoms with Crippen LogP contribution >= 0.6 is 0 Å². The molecule has 1 aromatic rings. The number of likely N-dealkylation sites (tertiary alicyclic amines) is 1. The summed E-state index contributed by atoms with van der Waals surface area (Å²) in [6.07, 6.45) is 3.62. The fraction of sp³-hybridized carbons (Fsp3) is 0.625. The molecule has 1 aliphatic rings. The molecule has 0 amide bonds. The fourth-order valence-corrected chi connectivity index (χ4v) is 2.85. The van der Waals surface area contributed by atoms with E-state index in [1.807, 2.05) is 0 Å². The molecule has 0 aliphatic carbocycles. The van der Waals surface area contributed by atoms with Crippen molar-refractivity contribution in [2.24, 2.45) is 5.73 Å². The van der Waals surface area contributed by atoms with Gasteiger partial charge >= 0.3 is 0 Å². The van der Waals surface area contributed by atoms with E-state index >= 15 is 0 Å². The van der Waals surface area contributed by atoms with Crippen LogP contribution < -0.4 is 10.5 Å². The van der Waals surface area contributed by atoms with Crippen LogP contribution in [0, 0.1) is 0 Å². The zero-order valence-electron chi connectivity index (χ0n) is 12.1. The number of rotatable bonds is 6. The quantitative estimate of drug-likeness (QED) is 0.856. The summed E-state index contributed by atoms with van der Waals surface area (Å²) in [6, 6.07) is 8.95. The predicted octanol–water partition coefficient (Wildman–Crippen LogP) is 2.96. The molecule has 3 nitrogen and oxygen atoms in total. The average Bonchev–Trinajstić information content (AvgIpc) is 2.91. The second-order valence-corrected chi connectivity index (χ2v) is 5.46. The average molecular weight is 262 g/mol. The second-order valence-electron chi connectivity index (χ2n) is 5.46. The monoisotopic (exact) mass is 262 g/mol. The molecule has 1 aromatic carbocycles. The highest BCUT2D eigenvalue weighted by molar-refractivity contribution is 5.30. The number of nitrogens with two attached hydrogens (primary N) is 1. The van der Waals surface area contributed by atoms with Gasteiger partial charge in [0.05, 0.1) is 6.61 Å². The molecule has 0 aromatic heterocycles. The molecule has 19 heavy (non-hydrogen) atoms.